The molecule has 0 spiro atoms. The molecule has 0 bridgehead atoms. The average molecular weight is 285 g/mol. The Kier molecular flexibility index (Phi) is 4.54. The van der Waals surface area contributed by atoms with Crippen LogP contribution in [0, 0.1) is 11.3 Å². The van der Waals surface area contributed by atoms with E-state index in [1.54, 1.807) is 18.2 Å². The van der Waals surface area contributed by atoms with E-state index in [0.29, 0.717) is 11.3 Å². The summed E-state index contributed by atoms with van der Waals surface area (Å²) < 4.78 is 5.58. The molecule has 0 saturated heterocycles. The van der Waals surface area contributed by atoms with Gasteiger partial charge in [-0.3, -0.25) is 4.79 Å². The summed E-state index contributed by atoms with van der Waals surface area (Å²) >= 11 is 1.42. The highest BCUT2D eigenvalue weighted by atomic mass is 32.1. The van der Waals surface area contributed by atoms with Crippen LogP contribution in [-0.2, 0) is 0 Å². The number of ether oxygens (including phenoxy) is 1. The lowest BCUT2D eigenvalue weighted by Crippen LogP contribution is -2.11. The van der Waals surface area contributed by atoms with Gasteiger partial charge in [-0.25, -0.2) is 0 Å². The lowest BCUT2D eigenvalue weighted by atomic mass is 9.97. The molecule has 1 atom stereocenters. The fraction of sp³-hybridized carbons (Fsp3) is 0.250. The Morgan fingerprint density at radius 3 is 2.70 bits per heavy atom. The minimum Gasteiger partial charge on any atom is -0.491 e. The van der Waals surface area contributed by atoms with Crippen molar-refractivity contribution in [3.63, 3.8) is 0 Å². The Morgan fingerprint density at radius 1 is 1.30 bits per heavy atom. The summed E-state index contributed by atoms with van der Waals surface area (Å²) in [7, 11) is 0. The molecule has 0 aliphatic heterocycles. The van der Waals surface area contributed by atoms with Crippen molar-refractivity contribution in [1.82, 2.24) is 0 Å². The van der Waals surface area contributed by atoms with Crippen LogP contribution in [0.2, 0.25) is 0 Å². The lowest BCUT2D eigenvalue weighted by molar-refractivity contribution is 0.0979. The third kappa shape index (κ3) is 3.25. The van der Waals surface area contributed by atoms with Crippen LogP contribution in [0.4, 0.5) is 0 Å². The molecule has 2 rings (SSSR count). The van der Waals surface area contributed by atoms with E-state index in [2.05, 4.69) is 6.07 Å². The SMILES string of the molecule is CC(C)Oc1cccc(C(=O)C(C#N)c2cccs2)c1. The summed E-state index contributed by atoms with van der Waals surface area (Å²) in [5.41, 5.74) is 0.503. The number of thiophene rings is 1. The molecule has 3 nitrogen and oxygen atoms in total. The van der Waals surface area contributed by atoms with Crippen LogP contribution in [0.5, 0.6) is 5.75 Å². The molecular weight excluding hydrogens is 270 g/mol. The fourth-order valence-electron chi connectivity index (χ4n) is 1.87. The van der Waals surface area contributed by atoms with Gasteiger partial charge in [0.2, 0.25) is 0 Å². The topological polar surface area (TPSA) is 50.1 Å². The van der Waals surface area contributed by atoms with Crippen molar-refractivity contribution in [2.24, 2.45) is 0 Å². The summed E-state index contributed by atoms with van der Waals surface area (Å²) in [5.74, 6) is -0.290. The highest BCUT2D eigenvalue weighted by molar-refractivity contribution is 7.10. The van der Waals surface area contributed by atoms with Gasteiger partial charge in [-0.15, -0.1) is 11.3 Å². The van der Waals surface area contributed by atoms with Crippen LogP contribution in [0.3, 0.4) is 0 Å². The summed E-state index contributed by atoms with van der Waals surface area (Å²) in [4.78, 5) is 13.2. The second-order valence-corrected chi connectivity index (χ2v) is 5.62. The second-order valence-electron chi connectivity index (χ2n) is 4.64. The first kappa shape index (κ1) is 14.3. The number of nitrogens with zero attached hydrogens (tertiary/aromatic N) is 1. The summed E-state index contributed by atoms with van der Waals surface area (Å²) in [6, 6.07) is 12.7. The van der Waals surface area contributed by atoms with Crippen LogP contribution in [0.1, 0.15) is 35.0 Å². The Morgan fingerprint density at radius 2 is 2.10 bits per heavy atom. The zero-order valence-corrected chi connectivity index (χ0v) is 12.2. The molecule has 1 heterocycles. The molecule has 1 unspecified atom stereocenters. The van der Waals surface area contributed by atoms with Gasteiger partial charge in [0.25, 0.3) is 0 Å². The summed E-state index contributed by atoms with van der Waals surface area (Å²) in [6.45, 7) is 3.86. The van der Waals surface area contributed by atoms with E-state index in [9.17, 15) is 10.1 Å². The van der Waals surface area contributed by atoms with Crippen LogP contribution < -0.4 is 4.74 Å². The van der Waals surface area contributed by atoms with Gasteiger partial charge >= 0.3 is 0 Å². The minimum atomic E-state index is -0.746. The number of ketones is 1. The number of Topliss-reactive ketones (excluding diaryl/α,β-unsaturated/α-hetero) is 1. The molecule has 0 aliphatic carbocycles. The van der Waals surface area contributed by atoms with Crippen molar-refractivity contribution >= 4 is 17.1 Å². The highest BCUT2D eigenvalue weighted by Crippen LogP contribution is 2.26. The number of carbonyl (C=O) groups excluding carboxylic acids is 1. The van der Waals surface area contributed by atoms with E-state index >= 15 is 0 Å². The van der Waals surface area contributed by atoms with Crippen molar-refractivity contribution in [2.45, 2.75) is 25.9 Å². The highest BCUT2D eigenvalue weighted by Gasteiger charge is 2.22. The molecule has 0 N–H and O–H groups in total. The smallest absolute Gasteiger partial charge is 0.185 e. The third-order valence-electron chi connectivity index (χ3n) is 2.71. The predicted molar refractivity (Wildman–Crippen MR) is 79.2 cm³/mol. The van der Waals surface area contributed by atoms with Crippen molar-refractivity contribution in [2.75, 3.05) is 0 Å². The molecule has 0 fully saturated rings. The van der Waals surface area contributed by atoms with Crippen molar-refractivity contribution in [3.05, 3.63) is 52.2 Å². The molecule has 2 aromatic rings. The lowest BCUT2D eigenvalue weighted by Gasteiger charge is -2.11. The summed E-state index contributed by atoms with van der Waals surface area (Å²) in [5, 5.41) is 11.1. The maximum Gasteiger partial charge on any atom is 0.185 e. The van der Waals surface area contributed by atoms with E-state index < -0.39 is 5.92 Å². The third-order valence-corrected chi connectivity index (χ3v) is 3.65. The number of nitriles is 1. The Bertz CT molecular complexity index is 626. The molecule has 0 aliphatic rings. The van der Waals surface area contributed by atoms with Crippen LogP contribution in [0.15, 0.2) is 41.8 Å². The first-order valence-corrected chi connectivity index (χ1v) is 7.23. The van der Waals surface area contributed by atoms with Crippen molar-refractivity contribution in [3.8, 4) is 11.8 Å². The van der Waals surface area contributed by atoms with Crippen molar-refractivity contribution < 1.29 is 9.53 Å². The molecule has 0 radical (unpaired) electrons. The largest absolute Gasteiger partial charge is 0.491 e. The zero-order valence-electron chi connectivity index (χ0n) is 11.4. The molecule has 1 aromatic carbocycles. The fourth-order valence-corrected chi connectivity index (χ4v) is 2.64. The average Bonchev–Trinajstić information content (AvgIpc) is 2.93. The predicted octanol–water partition coefficient (Wildman–Crippen LogP) is 4.03. The standard InChI is InChI=1S/C16H15NO2S/c1-11(2)19-13-6-3-5-12(9-13)16(18)14(10-17)15-7-4-8-20-15/h3-9,11,14H,1-2H3. The van der Waals surface area contributed by atoms with Gasteiger partial charge in [-0.2, -0.15) is 5.26 Å². The monoisotopic (exact) mass is 285 g/mol. The number of benzene rings is 1. The molecular formula is C16H15NO2S. The van der Waals surface area contributed by atoms with Crippen LogP contribution in [0.25, 0.3) is 0 Å². The van der Waals surface area contributed by atoms with Gasteiger partial charge in [0, 0.05) is 10.4 Å². The number of hydrogen-bond donors (Lipinski definition) is 0. The minimum absolute atomic E-state index is 0.0458. The first-order valence-electron chi connectivity index (χ1n) is 6.35. The van der Waals surface area contributed by atoms with Crippen LogP contribution in [-0.4, -0.2) is 11.9 Å². The van der Waals surface area contributed by atoms with E-state index in [4.69, 9.17) is 4.74 Å². The van der Waals surface area contributed by atoms with E-state index in [1.807, 2.05) is 37.4 Å². The molecule has 0 amide bonds. The second kappa shape index (κ2) is 6.36. The molecule has 1 aromatic heterocycles. The van der Waals surface area contributed by atoms with E-state index in [1.165, 1.54) is 11.3 Å². The van der Waals surface area contributed by atoms with E-state index in [0.717, 1.165) is 4.88 Å². The zero-order chi connectivity index (χ0) is 14.5. The molecule has 0 saturated carbocycles. The van der Waals surface area contributed by atoms with E-state index in [-0.39, 0.29) is 11.9 Å². The van der Waals surface area contributed by atoms with Gasteiger partial charge in [-0.05, 0) is 37.4 Å². The maximum atomic E-state index is 12.4. The number of rotatable bonds is 5. The van der Waals surface area contributed by atoms with Crippen LogP contribution >= 0.6 is 11.3 Å². The van der Waals surface area contributed by atoms with Gasteiger partial charge in [-0.1, -0.05) is 18.2 Å². The Labute approximate surface area is 122 Å². The number of hydrogen-bond acceptors (Lipinski definition) is 4. The maximum absolute atomic E-state index is 12.4. The number of carbonyl (C=O) groups is 1. The quantitative estimate of drug-likeness (QED) is 0.779. The van der Waals surface area contributed by atoms with Gasteiger partial charge < -0.3 is 4.74 Å². The molecule has 102 valence electrons. The van der Waals surface area contributed by atoms with Crippen molar-refractivity contribution in [1.29, 1.82) is 5.26 Å². The Hall–Kier alpha value is -2.12. The normalized spacial score (nSPS) is 11.9. The molecule has 4 heteroatoms. The molecule has 20 heavy (non-hydrogen) atoms. The van der Waals surface area contributed by atoms with Gasteiger partial charge in [0.15, 0.2) is 5.78 Å². The van der Waals surface area contributed by atoms with Gasteiger partial charge in [0.1, 0.15) is 11.7 Å². The first-order chi connectivity index (χ1) is 9.61. The van der Waals surface area contributed by atoms with Gasteiger partial charge in [0.05, 0.1) is 12.2 Å². The Balaban J connectivity index is 2.26. The summed E-state index contributed by atoms with van der Waals surface area (Å²) in [6.07, 6.45) is 0.0458.